The first-order valence-electron chi connectivity index (χ1n) is 8.69. The molecule has 0 atom stereocenters. The lowest BCUT2D eigenvalue weighted by Crippen LogP contribution is -2.22. The van der Waals surface area contributed by atoms with E-state index in [1.807, 2.05) is 6.07 Å². The summed E-state index contributed by atoms with van der Waals surface area (Å²) in [6, 6.07) is 5.89. The SMILES string of the molecule is COc1ncc(F)cc1-c1nn(COCC[Si](C)(C)C)c2nc(N)ccc12. The average molecular weight is 390 g/mol. The molecular formula is C18H24FN5O2Si. The molecule has 0 aliphatic carbocycles. The molecule has 7 nitrogen and oxygen atoms in total. The van der Waals surface area contributed by atoms with Crippen molar-refractivity contribution in [2.75, 3.05) is 19.5 Å². The van der Waals surface area contributed by atoms with Gasteiger partial charge in [-0.15, -0.1) is 0 Å². The van der Waals surface area contributed by atoms with E-state index in [9.17, 15) is 4.39 Å². The van der Waals surface area contributed by atoms with Crippen LogP contribution >= 0.6 is 0 Å². The third-order valence-corrected chi connectivity index (χ3v) is 5.80. The first-order valence-corrected chi connectivity index (χ1v) is 12.4. The number of halogens is 1. The van der Waals surface area contributed by atoms with E-state index >= 15 is 0 Å². The zero-order chi connectivity index (χ0) is 19.6. The van der Waals surface area contributed by atoms with Gasteiger partial charge in [0.1, 0.15) is 24.1 Å². The number of nitrogens with two attached hydrogens (primary N) is 1. The summed E-state index contributed by atoms with van der Waals surface area (Å²) in [5.41, 5.74) is 7.40. The second-order valence-electron chi connectivity index (χ2n) is 7.51. The highest BCUT2D eigenvalue weighted by Gasteiger charge is 2.19. The maximum absolute atomic E-state index is 13.8. The number of pyridine rings is 2. The summed E-state index contributed by atoms with van der Waals surface area (Å²) in [6.07, 6.45) is 1.11. The standard InChI is InChI=1S/C18H24FN5O2Si/c1-25-18-14(9-12(19)10-21-18)16-13-5-6-15(20)22-17(13)24(23-16)11-26-7-8-27(2,3)4/h5-6,9-10H,7-8,11H2,1-4H3,(H2,20,22). The number of nitrogen functional groups attached to an aromatic ring is 1. The van der Waals surface area contributed by atoms with Gasteiger partial charge in [-0.1, -0.05) is 19.6 Å². The number of aromatic nitrogens is 4. The van der Waals surface area contributed by atoms with E-state index in [-0.39, 0.29) is 6.73 Å². The molecule has 3 rings (SSSR count). The van der Waals surface area contributed by atoms with Gasteiger partial charge in [0, 0.05) is 20.1 Å². The molecule has 0 bridgehead atoms. The number of anilines is 1. The molecule has 3 aromatic heterocycles. The molecule has 27 heavy (non-hydrogen) atoms. The largest absolute Gasteiger partial charge is 0.481 e. The Hall–Kier alpha value is -2.52. The highest BCUT2D eigenvalue weighted by atomic mass is 28.3. The van der Waals surface area contributed by atoms with E-state index in [2.05, 4.69) is 34.7 Å². The quantitative estimate of drug-likeness (QED) is 0.491. The van der Waals surface area contributed by atoms with Crippen molar-refractivity contribution >= 4 is 24.9 Å². The molecule has 0 fully saturated rings. The van der Waals surface area contributed by atoms with Crippen molar-refractivity contribution < 1.29 is 13.9 Å². The van der Waals surface area contributed by atoms with Crippen molar-refractivity contribution in [1.29, 1.82) is 0 Å². The Morgan fingerprint density at radius 1 is 1.26 bits per heavy atom. The maximum Gasteiger partial charge on any atom is 0.222 e. The van der Waals surface area contributed by atoms with Gasteiger partial charge in [-0.25, -0.2) is 19.0 Å². The van der Waals surface area contributed by atoms with E-state index in [1.54, 1.807) is 10.7 Å². The first-order chi connectivity index (χ1) is 12.8. The fourth-order valence-electron chi connectivity index (χ4n) is 2.64. The van der Waals surface area contributed by atoms with Crippen LogP contribution in [0.4, 0.5) is 10.2 Å². The van der Waals surface area contributed by atoms with Crippen molar-refractivity contribution in [1.82, 2.24) is 19.7 Å². The van der Waals surface area contributed by atoms with Gasteiger partial charge in [0.15, 0.2) is 5.65 Å². The predicted octanol–water partition coefficient (Wildman–Crippen LogP) is 3.54. The van der Waals surface area contributed by atoms with Crippen LogP contribution in [0.25, 0.3) is 22.3 Å². The zero-order valence-electron chi connectivity index (χ0n) is 16.0. The fraction of sp³-hybridized carbons (Fsp3) is 0.389. The Morgan fingerprint density at radius 3 is 2.74 bits per heavy atom. The molecule has 0 amide bonds. The minimum absolute atomic E-state index is 0.239. The van der Waals surface area contributed by atoms with Crippen molar-refractivity contribution in [2.45, 2.75) is 32.4 Å². The smallest absolute Gasteiger partial charge is 0.222 e. The van der Waals surface area contributed by atoms with Crippen LogP contribution in [0.2, 0.25) is 25.7 Å². The third kappa shape index (κ3) is 4.42. The van der Waals surface area contributed by atoms with Gasteiger partial charge >= 0.3 is 0 Å². The minimum Gasteiger partial charge on any atom is -0.481 e. The summed E-state index contributed by atoms with van der Waals surface area (Å²) in [6.45, 7) is 7.78. The van der Waals surface area contributed by atoms with Gasteiger partial charge in [0.2, 0.25) is 5.88 Å². The maximum atomic E-state index is 13.8. The Labute approximate surface area is 158 Å². The topological polar surface area (TPSA) is 88.1 Å². The monoisotopic (exact) mass is 389 g/mol. The van der Waals surface area contributed by atoms with Crippen molar-refractivity contribution in [3.8, 4) is 17.1 Å². The normalized spacial score (nSPS) is 11.9. The highest BCUT2D eigenvalue weighted by molar-refractivity contribution is 6.76. The van der Waals surface area contributed by atoms with Crippen LogP contribution in [0.3, 0.4) is 0 Å². The molecule has 0 radical (unpaired) electrons. The highest BCUT2D eigenvalue weighted by Crippen LogP contribution is 2.33. The van der Waals surface area contributed by atoms with E-state index < -0.39 is 13.9 Å². The molecule has 3 aromatic rings. The molecule has 0 saturated heterocycles. The molecule has 0 aromatic carbocycles. The summed E-state index contributed by atoms with van der Waals surface area (Å²) in [7, 11) is 0.304. The van der Waals surface area contributed by atoms with Gasteiger partial charge in [-0.2, -0.15) is 5.10 Å². The second kappa shape index (κ2) is 7.61. The van der Waals surface area contributed by atoms with Crippen molar-refractivity contribution in [2.24, 2.45) is 0 Å². The number of ether oxygens (including phenoxy) is 2. The van der Waals surface area contributed by atoms with Crippen LogP contribution in [-0.2, 0) is 11.5 Å². The van der Waals surface area contributed by atoms with E-state index in [1.165, 1.54) is 13.2 Å². The van der Waals surface area contributed by atoms with Gasteiger partial charge in [-0.3, -0.25) is 0 Å². The lowest BCUT2D eigenvalue weighted by molar-refractivity contribution is 0.0814. The van der Waals surface area contributed by atoms with Crippen LogP contribution in [0.5, 0.6) is 5.88 Å². The molecule has 3 heterocycles. The third-order valence-electron chi connectivity index (χ3n) is 4.09. The molecule has 9 heteroatoms. The second-order valence-corrected chi connectivity index (χ2v) is 13.1. The predicted molar refractivity (Wildman–Crippen MR) is 106 cm³/mol. The molecule has 0 aliphatic heterocycles. The Bertz CT molecular complexity index is 955. The van der Waals surface area contributed by atoms with Gasteiger partial charge in [0.05, 0.1) is 18.9 Å². The molecule has 0 unspecified atom stereocenters. The average Bonchev–Trinajstić information content (AvgIpc) is 2.95. The van der Waals surface area contributed by atoms with Crippen molar-refractivity contribution in [3.05, 3.63) is 30.2 Å². The molecule has 2 N–H and O–H groups in total. The summed E-state index contributed by atoms with van der Waals surface area (Å²) in [4.78, 5) is 8.37. The van der Waals surface area contributed by atoms with Crippen LogP contribution in [0.15, 0.2) is 24.4 Å². The van der Waals surface area contributed by atoms with Crippen molar-refractivity contribution in [3.63, 3.8) is 0 Å². The van der Waals surface area contributed by atoms with Crippen LogP contribution in [0.1, 0.15) is 0 Å². The van der Waals surface area contributed by atoms with Crippen LogP contribution < -0.4 is 10.5 Å². The molecule has 0 aliphatic rings. The number of hydrogen-bond donors (Lipinski definition) is 1. The van der Waals surface area contributed by atoms with Gasteiger partial charge in [0.25, 0.3) is 0 Å². The Kier molecular flexibility index (Phi) is 5.42. The van der Waals surface area contributed by atoms with Crippen LogP contribution in [0, 0.1) is 5.82 Å². The van der Waals surface area contributed by atoms with Gasteiger partial charge in [-0.05, 0) is 24.2 Å². The van der Waals surface area contributed by atoms with E-state index in [0.29, 0.717) is 35.2 Å². The number of fused-ring (bicyclic) bond motifs is 1. The number of methoxy groups -OCH3 is 1. The summed E-state index contributed by atoms with van der Waals surface area (Å²) < 4.78 is 26.5. The number of nitrogens with zero attached hydrogens (tertiary/aromatic N) is 4. The Morgan fingerprint density at radius 2 is 2.04 bits per heavy atom. The number of hydrogen-bond acceptors (Lipinski definition) is 6. The molecule has 144 valence electrons. The van der Waals surface area contributed by atoms with E-state index in [4.69, 9.17) is 15.2 Å². The summed E-state index contributed by atoms with van der Waals surface area (Å²) in [5, 5.41) is 5.31. The lowest BCUT2D eigenvalue weighted by atomic mass is 10.1. The van der Waals surface area contributed by atoms with E-state index in [0.717, 1.165) is 17.6 Å². The summed E-state index contributed by atoms with van der Waals surface area (Å²) in [5.74, 6) is 0.198. The molecule has 0 saturated carbocycles. The summed E-state index contributed by atoms with van der Waals surface area (Å²) >= 11 is 0. The Balaban J connectivity index is 1.99. The minimum atomic E-state index is -1.18. The molecule has 0 spiro atoms. The fourth-order valence-corrected chi connectivity index (χ4v) is 3.40. The molecular weight excluding hydrogens is 365 g/mol. The van der Waals surface area contributed by atoms with Gasteiger partial charge < -0.3 is 15.2 Å². The zero-order valence-corrected chi connectivity index (χ0v) is 17.0. The lowest BCUT2D eigenvalue weighted by Gasteiger charge is -2.15. The van der Waals surface area contributed by atoms with Crippen LogP contribution in [-0.4, -0.2) is 41.5 Å². The number of rotatable bonds is 7. The first kappa shape index (κ1) is 19.2.